The van der Waals surface area contributed by atoms with Crippen LogP contribution in [0.3, 0.4) is 0 Å². The molecule has 1 aromatic carbocycles. The minimum atomic E-state index is -0.106. The van der Waals surface area contributed by atoms with Crippen LogP contribution in [0.25, 0.3) is 0 Å². The lowest BCUT2D eigenvalue weighted by Crippen LogP contribution is -2.49. The zero-order chi connectivity index (χ0) is 21.3. The molecule has 172 valence electrons. The van der Waals surface area contributed by atoms with Gasteiger partial charge in [-0.05, 0) is 43.5 Å². The molecule has 0 atom stereocenters. The predicted molar refractivity (Wildman–Crippen MR) is 134 cm³/mol. The highest BCUT2D eigenvalue weighted by Gasteiger charge is 2.22. The van der Waals surface area contributed by atoms with Gasteiger partial charge in [-0.3, -0.25) is 14.6 Å². The van der Waals surface area contributed by atoms with Crippen molar-refractivity contribution in [3.8, 4) is 0 Å². The number of nitrogens with zero attached hydrogens (tertiary/aromatic N) is 3. The number of carbonyl (C=O) groups excluding carboxylic acids is 2. The number of hydrogen-bond acceptors (Lipinski definition) is 4. The zero-order valence-electron chi connectivity index (χ0n) is 18.5. The molecule has 2 fully saturated rings. The smallest absolute Gasteiger partial charge is 0.254 e. The molecule has 0 saturated carbocycles. The van der Waals surface area contributed by atoms with Crippen molar-refractivity contribution in [2.75, 3.05) is 46.3 Å². The zero-order valence-corrected chi connectivity index (χ0v) is 20.9. The predicted octanol–water partition coefficient (Wildman–Crippen LogP) is 1.42. The first-order chi connectivity index (χ1) is 14.6. The number of carbonyl (C=O) groups is 2. The average Bonchev–Trinajstić information content (AvgIpc) is 2.78. The summed E-state index contributed by atoms with van der Waals surface area (Å²) in [5.74, 6) is 0.602. The number of nitrogens with one attached hydrogen (secondary N) is 3. The van der Waals surface area contributed by atoms with E-state index in [1.165, 1.54) is 13.0 Å². The molecule has 0 aromatic heterocycles. The molecule has 3 N–H and O–H groups in total. The van der Waals surface area contributed by atoms with Crippen molar-refractivity contribution in [3.63, 3.8) is 0 Å². The van der Waals surface area contributed by atoms with Gasteiger partial charge >= 0.3 is 0 Å². The second kappa shape index (κ2) is 12.8. The van der Waals surface area contributed by atoms with Crippen molar-refractivity contribution >= 4 is 41.8 Å². The number of guanidine groups is 1. The molecule has 2 amide bonds. The molecular weight excluding hydrogens is 507 g/mol. The molecule has 2 heterocycles. The van der Waals surface area contributed by atoms with E-state index in [0.717, 1.165) is 37.5 Å². The summed E-state index contributed by atoms with van der Waals surface area (Å²) in [4.78, 5) is 32.5. The summed E-state index contributed by atoms with van der Waals surface area (Å²) in [6.45, 7) is 7.50. The van der Waals surface area contributed by atoms with E-state index < -0.39 is 0 Å². The van der Waals surface area contributed by atoms with Crippen molar-refractivity contribution in [2.24, 2.45) is 4.99 Å². The summed E-state index contributed by atoms with van der Waals surface area (Å²) in [7, 11) is 1.79. The Balaban J connectivity index is 0.00000341. The highest BCUT2D eigenvalue weighted by Crippen LogP contribution is 2.11. The van der Waals surface area contributed by atoms with E-state index >= 15 is 0 Å². The Bertz CT molecular complexity index is 747. The van der Waals surface area contributed by atoms with E-state index in [4.69, 9.17) is 0 Å². The SMILES string of the molecule is CCCN1CCC(NC(=NC)NCc2ccc(C(=O)N3CCNC(=O)C3)cc2)CC1.I. The van der Waals surface area contributed by atoms with Crippen LogP contribution in [0.2, 0.25) is 0 Å². The van der Waals surface area contributed by atoms with Gasteiger partial charge in [0.2, 0.25) is 5.91 Å². The first kappa shape index (κ1) is 25.4. The van der Waals surface area contributed by atoms with Crippen molar-refractivity contribution in [1.82, 2.24) is 25.8 Å². The van der Waals surface area contributed by atoms with Crippen LogP contribution in [0, 0.1) is 0 Å². The van der Waals surface area contributed by atoms with Gasteiger partial charge < -0.3 is 25.8 Å². The number of aliphatic imine (C=N–C) groups is 1. The van der Waals surface area contributed by atoms with Crippen LogP contribution in [0.5, 0.6) is 0 Å². The number of halogens is 1. The van der Waals surface area contributed by atoms with Gasteiger partial charge in [0, 0.05) is 51.4 Å². The lowest BCUT2D eigenvalue weighted by molar-refractivity contribution is -0.123. The van der Waals surface area contributed by atoms with E-state index in [1.807, 2.05) is 24.3 Å². The Morgan fingerprint density at radius 2 is 1.90 bits per heavy atom. The maximum atomic E-state index is 12.6. The topological polar surface area (TPSA) is 89.1 Å². The van der Waals surface area contributed by atoms with E-state index in [9.17, 15) is 9.59 Å². The molecule has 0 radical (unpaired) electrons. The van der Waals surface area contributed by atoms with Crippen LogP contribution in [0.15, 0.2) is 29.3 Å². The van der Waals surface area contributed by atoms with Gasteiger partial charge in [0.15, 0.2) is 5.96 Å². The fourth-order valence-corrected chi connectivity index (χ4v) is 3.95. The maximum Gasteiger partial charge on any atom is 0.254 e. The van der Waals surface area contributed by atoms with Gasteiger partial charge in [0.05, 0.1) is 6.54 Å². The monoisotopic (exact) mass is 542 g/mol. The van der Waals surface area contributed by atoms with Gasteiger partial charge in [-0.25, -0.2) is 0 Å². The first-order valence-electron chi connectivity index (χ1n) is 10.9. The third-order valence-corrected chi connectivity index (χ3v) is 5.68. The third-order valence-electron chi connectivity index (χ3n) is 5.68. The van der Waals surface area contributed by atoms with Gasteiger partial charge in [0.1, 0.15) is 0 Å². The Hall–Kier alpha value is -1.88. The quantitative estimate of drug-likeness (QED) is 0.288. The highest BCUT2D eigenvalue weighted by atomic mass is 127. The number of piperazine rings is 1. The van der Waals surface area contributed by atoms with E-state index in [-0.39, 0.29) is 42.3 Å². The van der Waals surface area contributed by atoms with E-state index in [0.29, 0.717) is 31.2 Å². The molecule has 0 unspecified atom stereocenters. The normalized spacial score (nSPS) is 18.2. The average molecular weight is 542 g/mol. The van der Waals surface area contributed by atoms with Crippen LogP contribution < -0.4 is 16.0 Å². The van der Waals surface area contributed by atoms with Crippen LogP contribution in [0.1, 0.15) is 42.1 Å². The summed E-state index contributed by atoms with van der Waals surface area (Å²) < 4.78 is 0. The molecular formula is C22H35IN6O2. The molecule has 0 aliphatic carbocycles. The largest absolute Gasteiger partial charge is 0.354 e. The maximum absolute atomic E-state index is 12.6. The molecule has 2 saturated heterocycles. The number of hydrogen-bond donors (Lipinski definition) is 3. The lowest BCUT2D eigenvalue weighted by Gasteiger charge is -2.32. The molecule has 2 aliphatic heterocycles. The molecule has 3 rings (SSSR count). The Morgan fingerprint density at radius 3 is 2.52 bits per heavy atom. The van der Waals surface area contributed by atoms with Gasteiger partial charge in [-0.2, -0.15) is 0 Å². The molecule has 2 aliphatic rings. The summed E-state index contributed by atoms with van der Waals surface area (Å²) in [5, 5.41) is 9.63. The molecule has 0 spiro atoms. The molecule has 31 heavy (non-hydrogen) atoms. The van der Waals surface area contributed by atoms with Crippen LogP contribution in [-0.4, -0.2) is 79.9 Å². The fourth-order valence-electron chi connectivity index (χ4n) is 3.95. The summed E-state index contributed by atoms with van der Waals surface area (Å²) >= 11 is 0. The van der Waals surface area contributed by atoms with Crippen molar-refractivity contribution in [2.45, 2.75) is 38.8 Å². The first-order valence-corrected chi connectivity index (χ1v) is 10.9. The molecule has 1 aromatic rings. The van der Waals surface area contributed by atoms with E-state index in [2.05, 4.69) is 32.8 Å². The summed E-state index contributed by atoms with van der Waals surface area (Å²) in [6, 6.07) is 7.99. The van der Waals surface area contributed by atoms with Crippen molar-refractivity contribution in [1.29, 1.82) is 0 Å². The summed E-state index contributed by atoms with van der Waals surface area (Å²) in [5.41, 5.74) is 1.68. The Morgan fingerprint density at radius 1 is 1.19 bits per heavy atom. The van der Waals surface area contributed by atoms with Crippen molar-refractivity contribution < 1.29 is 9.59 Å². The van der Waals surface area contributed by atoms with Crippen LogP contribution in [0.4, 0.5) is 0 Å². The van der Waals surface area contributed by atoms with E-state index in [1.54, 1.807) is 11.9 Å². The number of likely N-dealkylation sites (tertiary alicyclic amines) is 1. The second-order valence-electron chi connectivity index (χ2n) is 7.96. The number of piperidine rings is 1. The minimum Gasteiger partial charge on any atom is -0.354 e. The van der Waals surface area contributed by atoms with Crippen molar-refractivity contribution in [3.05, 3.63) is 35.4 Å². The van der Waals surface area contributed by atoms with Crippen LogP contribution in [-0.2, 0) is 11.3 Å². The lowest BCUT2D eigenvalue weighted by atomic mass is 10.1. The molecule has 8 nitrogen and oxygen atoms in total. The van der Waals surface area contributed by atoms with Crippen LogP contribution >= 0.6 is 24.0 Å². The third kappa shape index (κ3) is 7.64. The molecule has 9 heteroatoms. The number of benzene rings is 1. The Kier molecular flexibility index (Phi) is 10.5. The fraction of sp³-hybridized carbons (Fsp3) is 0.591. The highest BCUT2D eigenvalue weighted by molar-refractivity contribution is 14.0. The summed E-state index contributed by atoms with van der Waals surface area (Å²) in [6.07, 6.45) is 3.47. The van der Waals surface area contributed by atoms with Gasteiger partial charge in [-0.1, -0.05) is 19.1 Å². The minimum absolute atomic E-state index is 0. The van der Waals surface area contributed by atoms with Gasteiger partial charge in [-0.15, -0.1) is 24.0 Å². The molecule has 0 bridgehead atoms. The standard InChI is InChI=1S/C22H34N6O2.HI/c1-3-11-27-12-8-19(9-13-27)26-22(23-2)25-15-17-4-6-18(7-5-17)21(30)28-14-10-24-20(29)16-28;/h4-7,19H,3,8-16H2,1-2H3,(H,24,29)(H2,23,25,26);1H. The van der Waals surface area contributed by atoms with Gasteiger partial charge in [0.25, 0.3) is 5.91 Å². The number of rotatable bonds is 6. The second-order valence-corrected chi connectivity index (χ2v) is 7.96. The Labute approximate surface area is 202 Å². The number of amides is 2.